The van der Waals surface area contributed by atoms with Gasteiger partial charge in [-0.15, -0.1) is 0 Å². The first-order valence-corrected chi connectivity index (χ1v) is 8.19. The Balaban J connectivity index is 2.53. The van der Waals surface area contributed by atoms with Crippen LogP contribution in [-0.2, 0) is 16.6 Å². The highest BCUT2D eigenvalue weighted by atomic mass is 32.2. The first-order valence-electron chi connectivity index (χ1n) is 6.47. The maximum absolute atomic E-state index is 10.8. The summed E-state index contributed by atoms with van der Waals surface area (Å²) in [4.78, 5) is 0. The summed E-state index contributed by atoms with van der Waals surface area (Å²) < 4.78 is 32.4. The van der Waals surface area contributed by atoms with Crippen LogP contribution in [0.4, 0.5) is 0 Å². The number of benzene rings is 1. The molecule has 3 N–H and O–H groups in total. The number of para-hydroxylation sites is 1. The van der Waals surface area contributed by atoms with Gasteiger partial charge in [0.2, 0.25) is 10.0 Å². The first-order chi connectivity index (χ1) is 9.48. The molecule has 0 unspecified atom stereocenters. The predicted octanol–water partition coefficient (Wildman–Crippen LogP) is 0.862. The van der Waals surface area contributed by atoms with Crippen LogP contribution in [0.2, 0.25) is 0 Å². The van der Waals surface area contributed by atoms with Gasteiger partial charge in [-0.05, 0) is 26.0 Å². The van der Waals surface area contributed by atoms with Crippen LogP contribution in [0.3, 0.4) is 0 Å². The Morgan fingerprint density at radius 1 is 1.35 bits per heavy atom. The van der Waals surface area contributed by atoms with Crippen LogP contribution in [0, 0.1) is 0 Å². The van der Waals surface area contributed by atoms with E-state index in [0.29, 0.717) is 37.6 Å². The van der Waals surface area contributed by atoms with Crippen LogP contribution in [-0.4, -0.2) is 34.4 Å². The molecule has 7 heteroatoms. The second kappa shape index (κ2) is 8.08. The second-order valence-corrected chi connectivity index (χ2v) is 6.01. The van der Waals surface area contributed by atoms with Gasteiger partial charge >= 0.3 is 0 Å². The van der Waals surface area contributed by atoms with Crippen LogP contribution in [0.25, 0.3) is 0 Å². The average Bonchev–Trinajstić information content (AvgIpc) is 2.37. The number of sulfonamides is 1. The fraction of sp³-hybridized carbons (Fsp3) is 0.538. The van der Waals surface area contributed by atoms with Crippen molar-refractivity contribution < 1.29 is 17.9 Å². The van der Waals surface area contributed by atoms with Gasteiger partial charge in [0.25, 0.3) is 0 Å². The fourth-order valence-corrected chi connectivity index (χ4v) is 2.37. The summed E-state index contributed by atoms with van der Waals surface area (Å²) in [6, 6.07) is 5.69. The van der Waals surface area contributed by atoms with Gasteiger partial charge < -0.3 is 14.8 Å². The van der Waals surface area contributed by atoms with Crippen LogP contribution in [0.1, 0.15) is 18.9 Å². The van der Waals surface area contributed by atoms with E-state index >= 15 is 0 Å². The maximum Gasteiger partial charge on any atom is 0.209 e. The van der Waals surface area contributed by atoms with Crippen molar-refractivity contribution in [1.29, 1.82) is 0 Å². The van der Waals surface area contributed by atoms with E-state index in [1.165, 1.54) is 0 Å². The van der Waals surface area contributed by atoms with Gasteiger partial charge in [0, 0.05) is 12.1 Å². The Kier molecular flexibility index (Phi) is 6.77. The number of hydrogen-bond donors (Lipinski definition) is 2. The summed E-state index contributed by atoms with van der Waals surface area (Å²) in [7, 11) is -1.78. The van der Waals surface area contributed by atoms with E-state index in [2.05, 4.69) is 5.32 Å². The zero-order chi connectivity index (χ0) is 15.0. The van der Waals surface area contributed by atoms with Crippen molar-refractivity contribution in [2.24, 2.45) is 5.14 Å². The Bertz CT molecular complexity index is 517. The van der Waals surface area contributed by atoms with Crippen molar-refractivity contribution in [3.63, 3.8) is 0 Å². The monoisotopic (exact) mass is 302 g/mol. The summed E-state index contributed by atoms with van der Waals surface area (Å²) >= 11 is 0. The minimum Gasteiger partial charge on any atom is -0.493 e. The van der Waals surface area contributed by atoms with E-state index in [9.17, 15) is 8.42 Å². The summed E-state index contributed by atoms with van der Waals surface area (Å²) in [5.74, 6) is 1.39. The smallest absolute Gasteiger partial charge is 0.209 e. The maximum atomic E-state index is 10.8. The molecule has 114 valence electrons. The molecule has 1 aromatic rings. The van der Waals surface area contributed by atoms with Gasteiger partial charge in [0.05, 0.1) is 19.5 Å². The third-order valence-corrected chi connectivity index (χ3v) is 3.52. The number of primary sulfonamides is 1. The molecule has 0 atom stereocenters. The van der Waals surface area contributed by atoms with E-state index in [1.54, 1.807) is 7.11 Å². The Morgan fingerprint density at radius 3 is 2.70 bits per heavy atom. The molecule has 0 spiro atoms. The Labute approximate surface area is 120 Å². The highest BCUT2D eigenvalue weighted by Crippen LogP contribution is 2.30. The number of nitrogens with two attached hydrogens (primary N) is 1. The number of nitrogens with one attached hydrogen (secondary N) is 1. The molecular weight excluding hydrogens is 280 g/mol. The minimum absolute atomic E-state index is 0.0177. The normalized spacial score (nSPS) is 11.3. The molecule has 0 aromatic heterocycles. The SMILES string of the molecule is CCOc1cccc(CNCCCS(N)(=O)=O)c1OC. The molecule has 0 aliphatic carbocycles. The molecule has 0 radical (unpaired) electrons. The first kappa shape index (κ1) is 16.7. The second-order valence-electron chi connectivity index (χ2n) is 4.28. The zero-order valence-electron chi connectivity index (χ0n) is 11.9. The lowest BCUT2D eigenvalue weighted by Crippen LogP contribution is -2.22. The van der Waals surface area contributed by atoms with E-state index in [1.807, 2.05) is 25.1 Å². The van der Waals surface area contributed by atoms with E-state index in [0.717, 1.165) is 5.56 Å². The molecule has 1 rings (SSSR count). The number of ether oxygens (including phenoxy) is 2. The topological polar surface area (TPSA) is 90.6 Å². The molecule has 0 aliphatic rings. The van der Waals surface area contributed by atoms with Crippen LogP contribution >= 0.6 is 0 Å². The van der Waals surface area contributed by atoms with Crippen molar-refractivity contribution >= 4 is 10.0 Å². The van der Waals surface area contributed by atoms with Gasteiger partial charge in [-0.25, -0.2) is 13.6 Å². The molecule has 1 aromatic carbocycles. The van der Waals surface area contributed by atoms with Gasteiger partial charge in [0.15, 0.2) is 11.5 Å². The Hall–Kier alpha value is -1.31. The summed E-state index contributed by atoms with van der Waals surface area (Å²) in [6.07, 6.45) is 0.478. The minimum atomic E-state index is -3.38. The molecule has 0 saturated heterocycles. The van der Waals surface area contributed by atoms with Gasteiger partial charge in [-0.3, -0.25) is 0 Å². The molecule has 0 amide bonds. The molecular formula is C13H22N2O4S. The fourth-order valence-electron chi connectivity index (χ4n) is 1.82. The van der Waals surface area contributed by atoms with Crippen molar-refractivity contribution in [3.8, 4) is 11.5 Å². The summed E-state index contributed by atoms with van der Waals surface area (Å²) in [5.41, 5.74) is 0.967. The molecule has 0 bridgehead atoms. The molecule has 0 aliphatic heterocycles. The van der Waals surface area contributed by atoms with E-state index in [4.69, 9.17) is 14.6 Å². The summed E-state index contributed by atoms with van der Waals surface area (Å²) in [5, 5.41) is 8.10. The van der Waals surface area contributed by atoms with Gasteiger partial charge in [-0.1, -0.05) is 12.1 Å². The molecule has 20 heavy (non-hydrogen) atoms. The van der Waals surface area contributed by atoms with E-state index < -0.39 is 10.0 Å². The third-order valence-electron chi connectivity index (χ3n) is 2.66. The quantitative estimate of drug-likeness (QED) is 0.660. The van der Waals surface area contributed by atoms with Gasteiger partial charge in [0.1, 0.15) is 0 Å². The molecule has 0 heterocycles. The number of methoxy groups -OCH3 is 1. The lowest BCUT2D eigenvalue weighted by atomic mass is 10.2. The van der Waals surface area contributed by atoms with Crippen LogP contribution < -0.4 is 19.9 Å². The van der Waals surface area contributed by atoms with E-state index in [-0.39, 0.29) is 5.75 Å². The third kappa shape index (κ3) is 5.77. The standard InChI is InChI=1S/C13H22N2O4S/c1-3-19-12-7-4-6-11(13(12)18-2)10-15-8-5-9-20(14,16)17/h4,6-7,15H,3,5,8-10H2,1-2H3,(H2,14,16,17). The largest absolute Gasteiger partial charge is 0.493 e. The average molecular weight is 302 g/mol. The predicted molar refractivity (Wildman–Crippen MR) is 78.5 cm³/mol. The highest BCUT2D eigenvalue weighted by Gasteiger charge is 2.09. The van der Waals surface area contributed by atoms with Crippen molar-refractivity contribution in [3.05, 3.63) is 23.8 Å². The van der Waals surface area contributed by atoms with Crippen LogP contribution in [0.15, 0.2) is 18.2 Å². The lowest BCUT2D eigenvalue weighted by Gasteiger charge is -2.14. The van der Waals surface area contributed by atoms with Crippen molar-refractivity contribution in [2.75, 3.05) is 26.0 Å². The van der Waals surface area contributed by atoms with Crippen molar-refractivity contribution in [2.45, 2.75) is 19.9 Å². The van der Waals surface area contributed by atoms with Crippen LogP contribution in [0.5, 0.6) is 11.5 Å². The highest BCUT2D eigenvalue weighted by molar-refractivity contribution is 7.89. The lowest BCUT2D eigenvalue weighted by molar-refractivity contribution is 0.308. The van der Waals surface area contributed by atoms with Crippen molar-refractivity contribution in [1.82, 2.24) is 5.32 Å². The summed E-state index contributed by atoms with van der Waals surface area (Å²) in [6.45, 7) is 3.63. The zero-order valence-corrected chi connectivity index (χ0v) is 12.7. The number of hydrogen-bond acceptors (Lipinski definition) is 5. The molecule has 0 saturated carbocycles. The van der Waals surface area contributed by atoms with Gasteiger partial charge in [-0.2, -0.15) is 0 Å². The molecule has 6 nitrogen and oxygen atoms in total. The Morgan fingerprint density at radius 2 is 2.10 bits per heavy atom. The molecule has 0 fully saturated rings. The number of rotatable bonds is 9.